The van der Waals surface area contributed by atoms with Crippen molar-refractivity contribution in [3.63, 3.8) is 0 Å². The number of hydrogen-bond acceptors (Lipinski definition) is 2. The van der Waals surface area contributed by atoms with Gasteiger partial charge in [-0.2, -0.15) is 0 Å². The van der Waals surface area contributed by atoms with Crippen LogP contribution in [-0.2, 0) is 11.2 Å². The van der Waals surface area contributed by atoms with Crippen molar-refractivity contribution >= 4 is 5.97 Å². The predicted octanol–water partition coefficient (Wildman–Crippen LogP) is 3.50. The van der Waals surface area contributed by atoms with Crippen LogP contribution in [-0.4, -0.2) is 17.7 Å². The molecule has 0 aromatic heterocycles. The quantitative estimate of drug-likeness (QED) is 0.805. The van der Waals surface area contributed by atoms with Crippen molar-refractivity contribution in [3.8, 4) is 5.75 Å². The number of benzene rings is 1. The summed E-state index contributed by atoms with van der Waals surface area (Å²) in [6.45, 7) is 6.90. The van der Waals surface area contributed by atoms with E-state index in [0.29, 0.717) is 6.42 Å². The average Bonchev–Trinajstić information content (AvgIpc) is 2.31. The van der Waals surface area contributed by atoms with Crippen molar-refractivity contribution in [1.29, 1.82) is 0 Å². The van der Waals surface area contributed by atoms with Gasteiger partial charge in [0, 0.05) is 6.42 Å². The summed E-state index contributed by atoms with van der Waals surface area (Å²) in [5.41, 5.74) is 3.52. The van der Waals surface area contributed by atoms with Crippen molar-refractivity contribution in [3.05, 3.63) is 28.8 Å². The number of aliphatic carboxylic acids is 1. The van der Waals surface area contributed by atoms with Crippen molar-refractivity contribution in [2.24, 2.45) is 0 Å². The summed E-state index contributed by atoms with van der Waals surface area (Å²) in [6, 6.07) is 4.17. The van der Waals surface area contributed by atoms with Crippen LogP contribution in [0, 0.1) is 13.8 Å². The third-order valence-corrected chi connectivity index (χ3v) is 2.93. The lowest BCUT2D eigenvalue weighted by Crippen LogP contribution is -2.01. The van der Waals surface area contributed by atoms with E-state index in [2.05, 4.69) is 19.1 Å². The molecule has 0 bridgehead atoms. The number of hydrogen-bond donors (Lipinski definition) is 1. The Morgan fingerprint density at radius 3 is 2.61 bits per heavy atom. The van der Waals surface area contributed by atoms with Gasteiger partial charge >= 0.3 is 5.97 Å². The smallest absolute Gasteiger partial charge is 0.303 e. The number of aryl methyl sites for hydroxylation is 3. The molecule has 3 nitrogen and oxygen atoms in total. The van der Waals surface area contributed by atoms with Gasteiger partial charge in [-0.05, 0) is 55.9 Å². The van der Waals surface area contributed by atoms with Gasteiger partial charge < -0.3 is 9.84 Å². The van der Waals surface area contributed by atoms with Crippen LogP contribution in [0.4, 0.5) is 0 Å². The lowest BCUT2D eigenvalue weighted by molar-refractivity contribution is -0.137. The Hall–Kier alpha value is -1.51. The first kappa shape index (κ1) is 14.6. The molecule has 1 aromatic carbocycles. The first-order chi connectivity index (χ1) is 8.54. The molecule has 0 amide bonds. The Morgan fingerprint density at radius 2 is 2.00 bits per heavy atom. The third-order valence-electron chi connectivity index (χ3n) is 2.93. The van der Waals surface area contributed by atoms with Crippen LogP contribution >= 0.6 is 0 Å². The highest BCUT2D eigenvalue weighted by Gasteiger charge is 2.06. The highest BCUT2D eigenvalue weighted by atomic mass is 16.5. The van der Waals surface area contributed by atoms with E-state index in [9.17, 15) is 4.79 Å². The number of carbonyl (C=O) groups is 1. The summed E-state index contributed by atoms with van der Waals surface area (Å²) in [5, 5.41) is 8.64. The van der Waals surface area contributed by atoms with Crippen LogP contribution in [0.25, 0.3) is 0 Å². The minimum absolute atomic E-state index is 0.229. The van der Waals surface area contributed by atoms with Crippen molar-refractivity contribution in [2.45, 2.75) is 46.5 Å². The highest BCUT2D eigenvalue weighted by molar-refractivity contribution is 5.66. The molecule has 1 aromatic rings. The fourth-order valence-electron chi connectivity index (χ4n) is 1.92. The summed E-state index contributed by atoms with van der Waals surface area (Å²) < 4.78 is 5.67. The maximum absolute atomic E-state index is 10.5. The highest BCUT2D eigenvalue weighted by Crippen LogP contribution is 2.24. The molecule has 1 N–H and O–H groups in total. The first-order valence-corrected chi connectivity index (χ1v) is 6.49. The molecule has 100 valence electrons. The zero-order valence-corrected chi connectivity index (χ0v) is 11.5. The molecule has 1 rings (SSSR count). The standard InChI is InChI=1S/C15H22O3/c1-4-8-18-14-10-11(2)13(9-12(14)3)6-5-7-15(16)17/h9-10H,4-8H2,1-3H3,(H,16,17). The Labute approximate surface area is 109 Å². The predicted molar refractivity (Wildman–Crippen MR) is 72.3 cm³/mol. The molecule has 0 fully saturated rings. The second-order valence-electron chi connectivity index (χ2n) is 4.64. The van der Waals surface area contributed by atoms with E-state index in [0.717, 1.165) is 30.8 Å². The molecule has 0 saturated heterocycles. The fourth-order valence-corrected chi connectivity index (χ4v) is 1.92. The van der Waals surface area contributed by atoms with E-state index < -0.39 is 5.97 Å². The van der Waals surface area contributed by atoms with E-state index in [1.54, 1.807) is 0 Å². The largest absolute Gasteiger partial charge is 0.493 e. The molecule has 0 aliphatic heterocycles. The first-order valence-electron chi connectivity index (χ1n) is 6.49. The summed E-state index contributed by atoms with van der Waals surface area (Å²) in [5.74, 6) is 0.212. The molecule has 0 aliphatic carbocycles. The topological polar surface area (TPSA) is 46.5 Å². The van der Waals surface area contributed by atoms with Gasteiger partial charge in [-0.25, -0.2) is 0 Å². The molecule has 0 aliphatic rings. The molecule has 3 heteroatoms. The van der Waals surface area contributed by atoms with E-state index >= 15 is 0 Å². The summed E-state index contributed by atoms with van der Waals surface area (Å²) >= 11 is 0. The molecule has 0 heterocycles. The monoisotopic (exact) mass is 250 g/mol. The van der Waals surface area contributed by atoms with Crippen LogP contribution in [0.2, 0.25) is 0 Å². The third kappa shape index (κ3) is 4.40. The Morgan fingerprint density at radius 1 is 1.28 bits per heavy atom. The number of ether oxygens (including phenoxy) is 1. The van der Waals surface area contributed by atoms with Gasteiger partial charge in [0.2, 0.25) is 0 Å². The van der Waals surface area contributed by atoms with E-state index in [1.807, 2.05) is 13.8 Å². The molecule has 0 saturated carbocycles. The lowest BCUT2D eigenvalue weighted by atomic mass is 10.00. The average molecular weight is 250 g/mol. The zero-order valence-electron chi connectivity index (χ0n) is 11.5. The second-order valence-corrected chi connectivity index (χ2v) is 4.64. The molecule has 18 heavy (non-hydrogen) atoms. The van der Waals surface area contributed by atoms with Crippen molar-refractivity contribution in [1.82, 2.24) is 0 Å². The van der Waals surface area contributed by atoms with Crippen LogP contribution in [0.5, 0.6) is 5.75 Å². The molecular formula is C15H22O3. The molecule has 0 unspecified atom stereocenters. The number of rotatable bonds is 7. The van der Waals surface area contributed by atoms with Gasteiger partial charge in [-0.3, -0.25) is 4.79 Å². The fraction of sp³-hybridized carbons (Fsp3) is 0.533. The van der Waals surface area contributed by atoms with Gasteiger partial charge in [0.25, 0.3) is 0 Å². The Kier molecular flexibility index (Phi) is 5.69. The Balaban J connectivity index is 2.70. The molecule has 0 radical (unpaired) electrons. The normalized spacial score (nSPS) is 10.4. The maximum Gasteiger partial charge on any atom is 0.303 e. The van der Waals surface area contributed by atoms with E-state index in [-0.39, 0.29) is 6.42 Å². The minimum Gasteiger partial charge on any atom is -0.493 e. The summed E-state index contributed by atoms with van der Waals surface area (Å²) in [6.07, 6.45) is 2.73. The molecule has 0 atom stereocenters. The maximum atomic E-state index is 10.5. The summed E-state index contributed by atoms with van der Waals surface area (Å²) in [7, 11) is 0. The lowest BCUT2D eigenvalue weighted by Gasteiger charge is -2.12. The second kappa shape index (κ2) is 7.04. The summed E-state index contributed by atoms with van der Waals surface area (Å²) in [4.78, 5) is 10.5. The minimum atomic E-state index is -0.729. The Bertz CT molecular complexity index is 410. The van der Waals surface area contributed by atoms with Crippen molar-refractivity contribution < 1.29 is 14.6 Å². The zero-order chi connectivity index (χ0) is 13.5. The van der Waals surface area contributed by atoms with Gasteiger partial charge in [0.05, 0.1) is 6.61 Å². The number of carboxylic acid groups (broad SMARTS) is 1. The van der Waals surface area contributed by atoms with Crippen molar-refractivity contribution in [2.75, 3.05) is 6.61 Å². The van der Waals surface area contributed by atoms with Gasteiger partial charge in [0.1, 0.15) is 5.75 Å². The van der Waals surface area contributed by atoms with Crippen LogP contribution in [0.1, 0.15) is 42.9 Å². The van der Waals surface area contributed by atoms with Gasteiger partial charge in [0.15, 0.2) is 0 Å². The molecule has 0 spiro atoms. The van der Waals surface area contributed by atoms with Gasteiger partial charge in [-0.1, -0.05) is 13.0 Å². The molecular weight excluding hydrogens is 228 g/mol. The van der Waals surface area contributed by atoms with Crippen LogP contribution in [0.15, 0.2) is 12.1 Å². The van der Waals surface area contributed by atoms with E-state index in [1.165, 1.54) is 11.1 Å². The van der Waals surface area contributed by atoms with Crippen LogP contribution < -0.4 is 4.74 Å². The number of carboxylic acids is 1. The van der Waals surface area contributed by atoms with E-state index in [4.69, 9.17) is 9.84 Å². The van der Waals surface area contributed by atoms with Crippen LogP contribution in [0.3, 0.4) is 0 Å². The SMILES string of the molecule is CCCOc1cc(C)c(CCCC(=O)O)cc1C. The van der Waals surface area contributed by atoms with Gasteiger partial charge in [-0.15, -0.1) is 0 Å².